The summed E-state index contributed by atoms with van der Waals surface area (Å²) in [5.74, 6) is 1.36. The molecule has 2 rings (SSSR count). The lowest BCUT2D eigenvalue weighted by Gasteiger charge is -2.29. The van der Waals surface area contributed by atoms with Crippen LogP contribution >= 0.6 is 0 Å². The predicted molar refractivity (Wildman–Crippen MR) is 89.1 cm³/mol. The molecule has 1 aromatic carbocycles. The zero-order valence-electron chi connectivity index (χ0n) is 13.1. The van der Waals surface area contributed by atoms with Crippen LogP contribution in [-0.4, -0.2) is 21.2 Å². The van der Waals surface area contributed by atoms with Gasteiger partial charge >= 0.3 is 0 Å². The normalized spacial score (nSPS) is 22.7. The number of hydrogen-bond acceptors (Lipinski definition) is 3. The zero-order chi connectivity index (χ0) is 15.5. The van der Waals surface area contributed by atoms with Gasteiger partial charge in [0.2, 0.25) is 0 Å². The minimum atomic E-state index is -2.98. The van der Waals surface area contributed by atoms with Crippen molar-refractivity contribution in [1.82, 2.24) is 0 Å². The molecule has 1 aliphatic carbocycles. The first-order chi connectivity index (χ1) is 9.85. The van der Waals surface area contributed by atoms with Gasteiger partial charge in [0, 0.05) is 18.5 Å². The molecule has 3 nitrogen and oxygen atoms in total. The van der Waals surface area contributed by atoms with Crippen molar-refractivity contribution in [3.8, 4) is 0 Å². The van der Waals surface area contributed by atoms with Crippen molar-refractivity contribution in [2.75, 3.05) is 18.1 Å². The average molecular weight is 307 g/mol. The Labute approximate surface area is 128 Å². The van der Waals surface area contributed by atoms with E-state index in [1.165, 1.54) is 24.7 Å². The molecule has 0 saturated heterocycles. The second-order valence-corrected chi connectivity index (χ2v) is 8.40. The van der Waals surface area contributed by atoms with Crippen LogP contribution in [0, 0.1) is 11.8 Å². The van der Waals surface area contributed by atoms with E-state index < -0.39 is 9.84 Å². The number of allylic oxidation sites excluding steroid dienone is 1. The van der Waals surface area contributed by atoms with E-state index in [1.807, 2.05) is 24.3 Å². The molecule has 0 radical (unpaired) electrons. The first kappa shape index (κ1) is 16.1. The number of rotatable bonds is 5. The maximum Gasteiger partial charge on any atom is 0.151 e. The van der Waals surface area contributed by atoms with E-state index in [9.17, 15) is 8.42 Å². The molecule has 0 aromatic heterocycles. The third kappa shape index (κ3) is 4.88. The maximum absolute atomic E-state index is 11.4. The topological polar surface area (TPSA) is 46.2 Å². The second kappa shape index (κ2) is 6.65. The van der Waals surface area contributed by atoms with Crippen LogP contribution in [0.4, 0.5) is 5.69 Å². The summed E-state index contributed by atoms with van der Waals surface area (Å²) >= 11 is 0. The Hall–Kier alpha value is -1.29. The molecule has 2 atom stereocenters. The summed E-state index contributed by atoms with van der Waals surface area (Å²) in [5.41, 5.74) is 3.31. The zero-order valence-corrected chi connectivity index (χ0v) is 13.9. The van der Waals surface area contributed by atoms with Crippen molar-refractivity contribution < 1.29 is 8.42 Å². The minimum absolute atomic E-state index is 0.0985. The first-order valence-electron chi connectivity index (χ1n) is 7.52. The SMILES string of the molecule is CC1=CCCC(C)C1CNc1cccc(CS(C)(=O)=O)c1. The van der Waals surface area contributed by atoms with Gasteiger partial charge in [0.1, 0.15) is 0 Å². The van der Waals surface area contributed by atoms with Crippen LogP contribution in [0.3, 0.4) is 0 Å². The molecule has 1 aromatic rings. The summed E-state index contributed by atoms with van der Waals surface area (Å²) in [6.07, 6.45) is 6.04. The molecule has 0 heterocycles. The van der Waals surface area contributed by atoms with Gasteiger partial charge in [-0.05, 0) is 49.3 Å². The fraction of sp³-hybridized carbons (Fsp3) is 0.529. The third-order valence-corrected chi connectivity index (χ3v) is 5.10. The van der Waals surface area contributed by atoms with Crippen molar-refractivity contribution >= 4 is 15.5 Å². The molecule has 2 unspecified atom stereocenters. The van der Waals surface area contributed by atoms with Gasteiger partial charge in [-0.2, -0.15) is 0 Å². The van der Waals surface area contributed by atoms with Crippen LogP contribution in [0.2, 0.25) is 0 Å². The van der Waals surface area contributed by atoms with E-state index in [0.29, 0.717) is 11.8 Å². The molecule has 0 bridgehead atoms. The predicted octanol–water partition coefficient (Wildman–Crippen LogP) is 3.64. The van der Waals surface area contributed by atoms with Gasteiger partial charge in [-0.15, -0.1) is 0 Å². The monoisotopic (exact) mass is 307 g/mol. The standard InChI is InChI=1S/C17H25NO2S/c1-13-6-4-7-14(2)17(13)11-18-16-9-5-8-15(10-16)12-21(3,19)20/h5-6,8-10,14,17-18H,4,7,11-12H2,1-3H3. The number of sulfone groups is 1. The van der Waals surface area contributed by atoms with Crippen molar-refractivity contribution in [2.45, 2.75) is 32.4 Å². The van der Waals surface area contributed by atoms with Gasteiger partial charge in [-0.25, -0.2) is 8.42 Å². The van der Waals surface area contributed by atoms with Gasteiger partial charge in [0.05, 0.1) is 5.75 Å². The van der Waals surface area contributed by atoms with Gasteiger partial charge < -0.3 is 5.32 Å². The minimum Gasteiger partial charge on any atom is -0.384 e. The van der Waals surface area contributed by atoms with E-state index in [2.05, 4.69) is 25.2 Å². The first-order valence-corrected chi connectivity index (χ1v) is 9.58. The van der Waals surface area contributed by atoms with Gasteiger partial charge in [-0.1, -0.05) is 30.7 Å². The molecule has 116 valence electrons. The summed E-state index contributed by atoms with van der Waals surface area (Å²) in [7, 11) is -2.98. The van der Waals surface area contributed by atoms with Crippen LogP contribution in [0.1, 0.15) is 32.3 Å². The van der Waals surface area contributed by atoms with E-state index in [4.69, 9.17) is 0 Å². The molecule has 0 fully saturated rings. The fourth-order valence-electron chi connectivity index (χ4n) is 3.04. The van der Waals surface area contributed by atoms with Crippen LogP contribution in [0.5, 0.6) is 0 Å². The Kier molecular flexibility index (Phi) is 5.09. The summed E-state index contributed by atoms with van der Waals surface area (Å²) in [5, 5.41) is 3.47. The highest BCUT2D eigenvalue weighted by Crippen LogP contribution is 2.30. The molecule has 4 heteroatoms. The van der Waals surface area contributed by atoms with Gasteiger partial charge in [0.25, 0.3) is 0 Å². The van der Waals surface area contributed by atoms with E-state index in [-0.39, 0.29) is 5.75 Å². The number of anilines is 1. The van der Waals surface area contributed by atoms with Crippen molar-refractivity contribution in [2.24, 2.45) is 11.8 Å². The Balaban J connectivity index is 2.02. The number of nitrogens with one attached hydrogen (secondary N) is 1. The highest BCUT2D eigenvalue weighted by Gasteiger charge is 2.21. The lowest BCUT2D eigenvalue weighted by Crippen LogP contribution is -2.24. The molecular formula is C17H25NO2S. The largest absolute Gasteiger partial charge is 0.384 e. The third-order valence-electron chi connectivity index (χ3n) is 4.24. The van der Waals surface area contributed by atoms with Crippen LogP contribution < -0.4 is 5.32 Å². The van der Waals surface area contributed by atoms with E-state index in [0.717, 1.165) is 17.8 Å². The Morgan fingerprint density at radius 3 is 2.76 bits per heavy atom. The summed E-state index contributed by atoms with van der Waals surface area (Å²) in [6, 6.07) is 7.71. The fourth-order valence-corrected chi connectivity index (χ4v) is 3.82. The lowest BCUT2D eigenvalue weighted by molar-refractivity contribution is 0.381. The average Bonchev–Trinajstić information content (AvgIpc) is 2.36. The van der Waals surface area contributed by atoms with Crippen LogP contribution in [0.15, 0.2) is 35.9 Å². The molecule has 21 heavy (non-hydrogen) atoms. The number of benzene rings is 1. The van der Waals surface area contributed by atoms with Crippen LogP contribution in [-0.2, 0) is 15.6 Å². The van der Waals surface area contributed by atoms with Gasteiger partial charge in [0.15, 0.2) is 9.84 Å². The Bertz CT molecular complexity index is 619. The Morgan fingerprint density at radius 2 is 2.10 bits per heavy atom. The smallest absolute Gasteiger partial charge is 0.151 e. The lowest BCUT2D eigenvalue weighted by atomic mass is 9.80. The quantitative estimate of drug-likeness (QED) is 0.845. The highest BCUT2D eigenvalue weighted by molar-refractivity contribution is 7.89. The van der Waals surface area contributed by atoms with Crippen molar-refractivity contribution in [3.63, 3.8) is 0 Å². The molecule has 0 aliphatic heterocycles. The molecule has 0 saturated carbocycles. The highest BCUT2D eigenvalue weighted by atomic mass is 32.2. The van der Waals surface area contributed by atoms with Crippen molar-refractivity contribution in [3.05, 3.63) is 41.5 Å². The van der Waals surface area contributed by atoms with E-state index >= 15 is 0 Å². The Morgan fingerprint density at radius 1 is 1.33 bits per heavy atom. The molecule has 0 spiro atoms. The van der Waals surface area contributed by atoms with Crippen molar-refractivity contribution in [1.29, 1.82) is 0 Å². The molecular weight excluding hydrogens is 282 g/mol. The van der Waals surface area contributed by atoms with Crippen LogP contribution in [0.25, 0.3) is 0 Å². The second-order valence-electron chi connectivity index (χ2n) is 6.26. The summed E-state index contributed by atoms with van der Waals surface area (Å²) in [6.45, 7) is 5.43. The van der Waals surface area contributed by atoms with E-state index in [1.54, 1.807) is 0 Å². The summed E-state index contributed by atoms with van der Waals surface area (Å²) < 4.78 is 22.8. The number of hydrogen-bond donors (Lipinski definition) is 1. The maximum atomic E-state index is 11.4. The molecule has 1 N–H and O–H groups in total. The molecule has 0 amide bonds. The molecule has 1 aliphatic rings. The summed E-state index contributed by atoms with van der Waals surface area (Å²) in [4.78, 5) is 0. The van der Waals surface area contributed by atoms with Gasteiger partial charge in [-0.3, -0.25) is 0 Å².